The first-order valence-corrected chi connectivity index (χ1v) is 8.39. The summed E-state index contributed by atoms with van der Waals surface area (Å²) in [6, 6.07) is 11.5. The Kier molecular flexibility index (Phi) is 3.86. The normalized spacial score (nSPS) is 15.8. The number of halogens is 1. The van der Waals surface area contributed by atoms with E-state index in [9.17, 15) is 18.3 Å². The number of hydrogen-bond donors (Lipinski definition) is 2. The number of carboxylic acid groups (broad SMARTS) is 1. The Labute approximate surface area is 142 Å². The smallest absolute Gasteiger partial charge is 0.503 e. The van der Waals surface area contributed by atoms with Crippen LogP contribution in [0.5, 0.6) is 0 Å². The number of nitrogens with zero attached hydrogens (tertiary/aromatic N) is 1. The lowest BCUT2D eigenvalue weighted by atomic mass is 10.2. The van der Waals surface area contributed by atoms with Crippen molar-refractivity contribution in [3.05, 3.63) is 65.0 Å². The molecule has 0 atom stereocenters. The van der Waals surface area contributed by atoms with Gasteiger partial charge in [-0.15, -0.1) is 0 Å². The lowest BCUT2D eigenvalue weighted by molar-refractivity contribution is 0.117. The van der Waals surface area contributed by atoms with Crippen molar-refractivity contribution in [2.24, 2.45) is 0 Å². The second kappa shape index (κ2) is 5.73. The Morgan fingerprint density at radius 3 is 2.38 bits per heavy atom. The monoisotopic (exact) mass is 367 g/mol. The van der Waals surface area contributed by atoms with Gasteiger partial charge in [0.05, 0.1) is 15.6 Å². The number of sulfonamides is 1. The van der Waals surface area contributed by atoms with Crippen LogP contribution in [-0.2, 0) is 14.8 Å². The third-order valence-electron chi connectivity index (χ3n) is 3.30. The van der Waals surface area contributed by atoms with E-state index in [1.165, 1.54) is 42.5 Å². The summed E-state index contributed by atoms with van der Waals surface area (Å²) < 4.78 is 31.0. The van der Waals surface area contributed by atoms with Crippen molar-refractivity contribution < 1.29 is 28.2 Å². The summed E-state index contributed by atoms with van der Waals surface area (Å²) in [5.74, 6) is -1.38. The lowest BCUT2D eigenvalue weighted by Gasteiger charge is -2.30. The van der Waals surface area contributed by atoms with Gasteiger partial charge in [-0.2, -0.15) is 4.31 Å². The maximum absolute atomic E-state index is 12.9. The summed E-state index contributed by atoms with van der Waals surface area (Å²) in [5, 5.41) is 19.3. The van der Waals surface area contributed by atoms with Crippen molar-refractivity contribution >= 4 is 39.2 Å². The van der Waals surface area contributed by atoms with Gasteiger partial charge in [0.15, 0.2) is 5.76 Å². The van der Waals surface area contributed by atoms with E-state index in [1.807, 2.05) is 0 Å². The molecule has 0 spiro atoms. The zero-order chi connectivity index (χ0) is 17.5. The SMILES string of the molecule is O=C(O)OC1=C(O)c2ccccc2S(=O)(=O)N1c1ccccc1Cl. The minimum atomic E-state index is -4.24. The molecule has 3 rings (SSSR count). The molecular formula is C15H10ClNO6S. The van der Waals surface area contributed by atoms with Crippen molar-refractivity contribution in [2.45, 2.75) is 4.90 Å². The number of hydrogen-bond acceptors (Lipinski definition) is 5. The first-order valence-electron chi connectivity index (χ1n) is 6.57. The number of fused-ring (bicyclic) bond motifs is 1. The average Bonchev–Trinajstić information content (AvgIpc) is 2.54. The quantitative estimate of drug-likeness (QED) is 0.788. The molecular weight excluding hydrogens is 358 g/mol. The lowest BCUT2D eigenvalue weighted by Crippen LogP contribution is -2.37. The molecule has 0 saturated carbocycles. The molecule has 0 fully saturated rings. The minimum Gasteiger partial charge on any atom is -0.503 e. The van der Waals surface area contributed by atoms with E-state index in [-0.39, 0.29) is 21.2 Å². The summed E-state index contributed by atoms with van der Waals surface area (Å²) in [6.45, 7) is 0. The second-order valence-corrected chi connectivity index (χ2v) is 6.90. The van der Waals surface area contributed by atoms with Crippen molar-refractivity contribution in [2.75, 3.05) is 4.31 Å². The fourth-order valence-corrected chi connectivity index (χ4v) is 4.25. The van der Waals surface area contributed by atoms with Gasteiger partial charge in [0, 0.05) is 5.56 Å². The predicted octanol–water partition coefficient (Wildman–Crippen LogP) is 3.43. The standard InChI is InChI=1S/C15H10ClNO6S/c16-10-6-2-3-7-11(10)17-14(23-15(19)20)13(18)9-5-1-4-8-12(9)24(17,21)22/h1-8,18H,(H,19,20). The predicted molar refractivity (Wildman–Crippen MR) is 86.2 cm³/mol. The van der Waals surface area contributed by atoms with E-state index in [0.29, 0.717) is 4.31 Å². The Balaban J connectivity index is 2.36. The molecule has 1 heterocycles. The number of aliphatic hydroxyl groups is 1. The molecule has 0 bridgehead atoms. The van der Waals surface area contributed by atoms with Crippen LogP contribution in [0, 0.1) is 0 Å². The van der Waals surface area contributed by atoms with Crippen LogP contribution in [0.15, 0.2) is 59.3 Å². The molecule has 0 radical (unpaired) electrons. The van der Waals surface area contributed by atoms with Gasteiger partial charge >= 0.3 is 6.16 Å². The van der Waals surface area contributed by atoms with Gasteiger partial charge in [0.1, 0.15) is 0 Å². The van der Waals surface area contributed by atoms with Gasteiger partial charge in [-0.05, 0) is 24.3 Å². The van der Waals surface area contributed by atoms with Crippen LogP contribution >= 0.6 is 11.6 Å². The van der Waals surface area contributed by atoms with Gasteiger partial charge in [0.2, 0.25) is 0 Å². The van der Waals surface area contributed by atoms with Crippen LogP contribution in [0.4, 0.5) is 10.5 Å². The van der Waals surface area contributed by atoms with Gasteiger partial charge in [-0.25, -0.2) is 13.2 Å². The van der Waals surface area contributed by atoms with Crippen LogP contribution in [0.1, 0.15) is 5.56 Å². The molecule has 124 valence electrons. The molecule has 0 unspecified atom stereocenters. The van der Waals surface area contributed by atoms with Gasteiger partial charge in [0.25, 0.3) is 15.9 Å². The average molecular weight is 368 g/mol. The molecule has 7 nitrogen and oxygen atoms in total. The summed E-state index contributed by atoms with van der Waals surface area (Å²) in [5.41, 5.74) is -0.103. The van der Waals surface area contributed by atoms with Crippen LogP contribution in [0.25, 0.3) is 5.76 Å². The van der Waals surface area contributed by atoms with E-state index >= 15 is 0 Å². The molecule has 1 aliphatic heterocycles. The highest BCUT2D eigenvalue weighted by atomic mass is 35.5. The molecule has 2 aromatic carbocycles. The van der Waals surface area contributed by atoms with Crippen molar-refractivity contribution in [3.8, 4) is 0 Å². The number of ether oxygens (including phenoxy) is 1. The maximum Gasteiger partial charge on any atom is 0.512 e. The molecule has 0 saturated heterocycles. The van der Waals surface area contributed by atoms with Gasteiger partial charge < -0.3 is 14.9 Å². The van der Waals surface area contributed by atoms with Crippen LogP contribution in [0.2, 0.25) is 5.02 Å². The van der Waals surface area contributed by atoms with Crippen LogP contribution < -0.4 is 4.31 Å². The number of anilines is 1. The maximum atomic E-state index is 12.9. The van der Waals surface area contributed by atoms with E-state index in [1.54, 1.807) is 6.07 Å². The molecule has 0 amide bonds. The molecule has 0 aromatic heterocycles. The molecule has 2 aromatic rings. The van der Waals surface area contributed by atoms with Crippen LogP contribution in [0.3, 0.4) is 0 Å². The van der Waals surface area contributed by atoms with Crippen molar-refractivity contribution in [1.29, 1.82) is 0 Å². The summed E-state index contributed by atoms with van der Waals surface area (Å²) >= 11 is 6.05. The number of benzene rings is 2. The molecule has 2 N–H and O–H groups in total. The Morgan fingerprint density at radius 1 is 1.08 bits per heavy atom. The highest BCUT2D eigenvalue weighted by Crippen LogP contribution is 2.41. The Bertz CT molecular complexity index is 969. The van der Waals surface area contributed by atoms with Crippen molar-refractivity contribution in [1.82, 2.24) is 0 Å². The molecule has 9 heteroatoms. The summed E-state index contributed by atoms with van der Waals surface area (Å²) in [6.07, 6.45) is -1.77. The molecule has 1 aliphatic rings. The summed E-state index contributed by atoms with van der Waals surface area (Å²) in [4.78, 5) is 10.8. The fraction of sp³-hybridized carbons (Fsp3) is 0. The third kappa shape index (κ3) is 2.45. The first-order chi connectivity index (χ1) is 11.3. The van der Waals surface area contributed by atoms with E-state index < -0.39 is 27.8 Å². The van der Waals surface area contributed by atoms with Gasteiger partial charge in [-0.3, -0.25) is 0 Å². The van der Waals surface area contributed by atoms with Crippen molar-refractivity contribution in [3.63, 3.8) is 0 Å². The highest BCUT2D eigenvalue weighted by Gasteiger charge is 2.41. The van der Waals surface area contributed by atoms with Gasteiger partial charge in [-0.1, -0.05) is 35.9 Å². The minimum absolute atomic E-state index is 0.0414. The molecule has 24 heavy (non-hydrogen) atoms. The Hall–Kier alpha value is -2.71. The number of carbonyl (C=O) groups is 1. The zero-order valence-electron chi connectivity index (χ0n) is 11.9. The largest absolute Gasteiger partial charge is 0.512 e. The molecule has 0 aliphatic carbocycles. The second-order valence-electron chi connectivity index (χ2n) is 4.74. The fourth-order valence-electron chi connectivity index (χ4n) is 2.33. The first kappa shape index (κ1) is 16.2. The number of rotatable bonds is 2. The van der Waals surface area contributed by atoms with Crippen LogP contribution in [-0.4, -0.2) is 24.8 Å². The van der Waals surface area contributed by atoms with E-state index in [2.05, 4.69) is 4.74 Å². The summed E-state index contributed by atoms with van der Waals surface area (Å²) in [7, 11) is -4.24. The number of para-hydroxylation sites is 1. The topological polar surface area (TPSA) is 104 Å². The van der Waals surface area contributed by atoms with E-state index in [4.69, 9.17) is 16.7 Å². The van der Waals surface area contributed by atoms with E-state index in [0.717, 1.165) is 0 Å². The third-order valence-corrected chi connectivity index (χ3v) is 5.38. The zero-order valence-corrected chi connectivity index (χ0v) is 13.5. The highest BCUT2D eigenvalue weighted by molar-refractivity contribution is 7.93. The number of aliphatic hydroxyl groups excluding tert-OH is 1. The Morgan fingerprint density at radius 2 is 1.71 bits per heavy atom.